The van der Waals surface area contributed by atoms with Crippen molar-refractivity contribution in [2.45, 2.75) is 12.3 Å². The van der Waals surface area contributed by atoms with Gasteiger partial charge in [-0.2, -0.15) is 0 Å². The fourth-order valence-corrected chi connectivity index (χ4v) is 3.48. The molecule has 6 heteroatoms. The SMILES string of the molecule is NNC(=O)c1nc(-c2ccccc2)cc(N2CCC(c3ccccc3)C2)n1. The van der Waals surface area contributed by atoms with Crippen molar-refractivity contribution >= 4 is 11.7 Å². The van der Waals surface area contributed by atoms with E-state index in [1.165, 1.54) is 5.56 Å². The van der Waals surface area contributed by atoms with Gasteiger partial charge in [0.25, 0.3) is 0 Å². The zero-order valence-corrected chi connectivity index (χ0v) is 14.9. The first-order valence-electron chi connectivity index (χ1n) is 9.00. The Morgan fingerprint density at radius 2 is 1.74 bits per heavy atom. The number of carbonyl (C=O) groups is 1. The molecule has 2 aromatic carbocycles. The molecule has 0 spiro atoms. The Bertz CT molecular complexity index is 930. The second kappa shape index (κ2) is 7.55. The summed E-state index contributed by atoms with van der Waals surface area (Å²) in [5.74, 6) is 6.09. The van der Waals surface area contributed by atoms with Crippen molar-refractivity contribution in [1.29, 1.82) is 0 Å². The number of hydrogen-bond donors (Lipinski definition) is 2. The molecule has 2 heterocycles. The van der Waals surface area contributed by atoms with Crippen LogP contribution in [0.5, 0.6) is 0 Å². The quantitative estimate of drug-likeness (QED) is 0.425. The van der Waals surface area contributed by atoms with E-state index < -0.39 is 5.91 Å². The van der Waals surface area contributed by atoms with E-state index >= 15 is 0 Å². The maximum atomic E-state index is 12.1. The van der Waals surface area contributed by atoms with Crippen LogP contribution in [0, 0.1) is 0 Å². The molecule has 0 aliphatic carbocycles. The molecule has 1 unspecified atom stereocenters. The van der Waals surface area contributed by atoms with E-state index in [4.69, 9.17) is 5.84 Å². The molecule has 1 amide bonds. The maximum Gasteiger partial charge on any atom is 0.303 e. The molecule has 27 heavy (non-hydrogen) atoms. The lowest BCUT2D eigenvalue weighted by atomic mass is 9.99. The van der Waals surface area contributed by atoms with Gasteiger partial charge in [0.15, 0.2) is 0 Å². The van der Waals surface area contributed by atoms with E-state index in [2.05, 4.69) is 44.6 Å². The lowest BCUT2D eigenvalue weighted by molar-refractivity contribution is 0.0943. The van der Waals surface area contributed by atoms with Gasteiger partial charge in [0.1, 0.15) is 5.82 Å². The Balaban J connectivity index is 1.67. The van der Waals surface area contributed by atoms with E-state index in [9.17, 15) is 4.79 Å². The van der Waals surface area contributed by atoms with E-state index in [1.54, 1.807) is 0 Å². The molecule has 0 radical (unpaired) electrons. The lowest BCUT2D eigenvalue weighted by Gasteiger charge is -2.19. The highest BCUT2D eigenvalue weighted by Gasteiger charge is 2.26. The minimum atomic E-state index is -0.493. The topological polar surface area (TPSA) is 84.1 Å². The van der Waals surface area contributed by atoms with Crippen LogP contribution in [0.15, 0.2) is 66.7 Å². The predicted molar refractivity (Wildman–Crippen MR) is 105 cm³/mol. The molecule has 6 nitrogen and oxygen atoms in total. The number of nitrogen functional groups attached to an aromatic ring is 1. The van der Waals surface area contributed by atoms with Crippen molar-refractivity contribution < 1.29 is 4.79 Å². The fraction of sp³-hybridized carbons (Fsp3) is 0.190. The van der Waals surface area contributed by atoms with E-state index in [0.29, 0.717) is 11.6 Å². The highest BCUT2D eigenvalue weighted by atomic mass is 16.2. The number of rotatable bonds is 4. The number of hydrogen-bond acceptors (Lipinski definition) is 5. The average molecular weight is 359 g/mol. The Kier molecular flexibility index (Phi) is 4.80. The highest BCUT2D eigenvalue weighted by Crippen LogP contribution is 2.31. The van der Waals surface area contributed by atoms with Crippen LogP contribution in [0.25, 0.3) is 11.3 Å². The number of hydrazine groups is 1. The van der Waals surface area contributed by atoms with Gasteiger partial charge < -0.3 is 4.90 Å². The molecule has 1 aromatic heterocycles. The van der Waals surface area contributed by atoms with Gasteiger partial charge in [-0.3, -0.25) is 10.2 Å². The molecular formula is C21H21N5O. The zero-order valence-electron chi connectivity index (χ0n) is 14.9. The highest BCUT2D eigenvalue weighted by molar-refractivity contribution is 5.91. The van der Waals surface area contributed by atoms with Crippen LogP contribution in [0.2, 0.25) is 0 Å². The van der Waals surface area contributed by atoms with Gasteiger partial charge >= 0.3 is 5.91 Å². The van der Waals surface area contributed by atoms with Crippen molar-refractivity contribution in [1.82, 2.24) is 15.4 Å². The lowest BCUT2D eigenvalue weighted by Crippen LogP contribution is -2.32. The van der Waals surface area contributed by atoms with Gasteiger partial charge in [-0.1, -0.05) is 60.7 Å². The standard InChI is InChI=1S/C21H21N5O/c22-25-21(27)20-23-18(16-9-5-2-6-10-16)13-19(24-20)26-12-11-17(14-26)15-7-3-1-4-8-15/h1-10,13,17H,11-12,14,22H2,(H,25,27). The predicted octanol–water partition coefficient (Wildman–Crippen LogP) is 2.74. The van der Waals surface area contributed by atoms with Crippen molar-refractivity contribution in [2.75, 3.05) is 18.0 Å². The average Bonchev–Trinajstić information content (AvgIpc) is 3.24. The first-order chi connectivity index (χ1) is 13.2. The number of nitrogens with zero attached hydrogens (tertiary/aromatic N) is 3. The molecule has 1 aliphatic rings. The van der Waals surface area contributed by atoms with Gasteiger partial charge in [-0.25, -0.2) is 15.8 Å². The first kappa shape index (κ1) is 17.2. The smallest absolute Gasteiger partial charge is 0.303 e. The summed E-state index contributed by atoms with van der Waals surface area (Å²) in [6.07, 6.45) is 1.05. The molecule has 0 saturated carbocycles. The molecule has 3 N–H and O–H groups in total. The number of anilines is 1. The molecule has 4 rings (SSSR count). The Labute approximate surface area is 158 Å². The largest absolute Gasteiger partial charge is 0.356 e. The molecule has 1 fully saturated rings. The van der Waals surface area contributed by atoms with Gasteiger partial charge in [0.05, 0.1) is 5.69 Å². The van der Waals surface area contributed by atoms with Crippen LogP contribution in [-0.2, 0) is 0 Å². The number of aromatic nitrogens is 2. The summed E-state index contributed by atoms with van der Waals surface area (Å²) in [5.41, 5.74) is 5.11. The minimum Gasteiger partial charge on any atom is -0.356 e. The Morgan fingerprint density at radius 3 is 2.44 bits per heavy atom. The molecule has 3 aromatic rings. The van der Waals surface area contributed by atoms with Crippen molar-refractivity contribution in [3.63, 3.8) is 0 Å². The molecule has 1 saturated heterocycles. The molecule has 0 bridgehead atoms. The Hall–Kier alpha value is -3.25. The summed E-state index contributed by atoms with van der Waals surface area (Å²) in [4.78, 5) is 23.1. The van der Waals surface area contributed by atoms with Crippen molar-refractivity contribution in [3.8, 4) is 11.3 Å². The second-order valence-corrected chi connectivity index (χ2v) is 6.62. The van der Waals surface area contributed by atoms with E-state index in [1.807, 2.05) is 42.5 Å². The van der Waals surface area contributed by atoms with Crippen LogP contribution >= 0.6 is 0 Å². The summed E-state index contributed by atoms with van der Waals surface area (Å²) >= 11 is 0. The Morgan fingerprint density at radius 1 is 1.04 bits per heavy atom. The second-order valence-electron chi connectivity index (χ2n) is 6.62. The maximum absolute atomic E-state index is 12.1. The number of nitrogens with one attached hydrogen (secondary N) is 1. The third-order valence-corrected chi connectivity index (χ3v) is 4.90. The third kappa shape index (κ3) is 3.66. The van der Waals surface area contributed by atoms with Gasteiger partial charge in [-0.05, 0) is 12.0 Å². The fourth-order valence-electron chi connectivity index (χ4n) is 3.48. The molecular weight excluding hydrogens is 338 g/mol. The first-order valence-corrected chi connectivity index (χ1v) is 9.00. The van der Waals surface area contributed by atoms with Crippen molar-refractivity contribution in [2.24, 2.45) is 5.84 Å². The van der Waals surface area contributed by atoms with Crippen LogP contribution in [-0.4, -0.2) is 29.0 Å². The van der Waals surface area contributed by atoms with Gasteiger partial charge in [-0.15, -0.1) is 0 Å². The number of amides is 1. The molecule has 1 atom stereocenters. The molecule has 136 valence electrons. The van der Waals surface area contributed by atoms with Crippen LogP contribution in [0.4, 0.5) is 5.82 Å². The summed E-state index contributed by atoms with van der Waals surface area (Å²) in [6.45, 7) is 1.74. The summed E-state index contributed by atoms with van der Waals surface area (Å²) in [5, 5.41) is 0. The van der Waals surface area contributed by atoms with Crippen LogP contribution < -0.4 is 16.2 Å². The summed E-state index contributed by atoms with van der Waals surface area (Å²) < 4.78 is 0. The summed E-state index contributed by atoms with van der Waals surface area (Å²) in [7, 11) is 0. The third-order valence-electron chi connectivity index (χ3n) is 4.90. The normalized spacial score (nSPS) is 16.3. The van der Waals surface area contributed by atoms with E-state index in [0.717, 1.165) is 30.9 Å². The van der Waals surface area contributed by atoms with Gasteiger partial charge in [0, 0.05) is 30.6 Å². The summed E-state index contributed by atoms with van der Waals surface area (Å²) in [6, 6.07) is 22.2. The van der Waals surface area contributed by atoms with Crippen LogP contribution in [0.1, 0.15) is 28.5 Å². The minimum absolute atomic E-state index is 0.0806. The number of carbonyl (C=O) groups excluding carboxylic acids is 1. The monoisotopic (exact) mass is 359 g/mol. The van der Waals surface area contributed by atoms with Crippen LogP contribution in [0.3, 0.4) is 0 Å². The number of benzene rings is 2. The van der Waals surface area contributed by atoms with Crippen molar-refractivity contribution in [3.05, 3.63) is 78.1 Å². The zero-order chi connectivity index (χ0) is 18.6. The van der Waals surface area contributed by atoms with E-state index in [-0.39, 0.29) is 5.82 Å². The van der Waals surface area contributed by atoms with Gasteiger partial charge in [0.2, 0.25) is 5.82 Å². The molecule has 1 aliphatic heterocycles. The number of nitrogens with two attached hydrogens (primary N) is 1.